The van der Waals surface area contributed by atoms with E-state index in [9.17, 15) is 13.2 Å². The smallest absolute Gasteiger partial charge is 0.234 e. The average molecular weight is 435 g/mol. The lowest BCUT2D eigenvalue weighted by molar-refractivity contribution is -0.137. The lowest BCUT2D eigenvalue weighted by atomic mass is 10.2. The Kier molecular flexibility index (Phi) is 4.28. The molecule has 0 bridgehead atoms. The number of hydrogen-bond acceptors (Lipinski definition) is 1. The Labute approximate surface area is 137 Å². The molecule has 20 heavy (non-hydrogen) atoms. The SMILES string of the molecule is Cc1nn(-c2c(Cl)cc(C(F)(F)F)cc2Cl)c(C)c1I. The third kappa shape index (κ3) is 2.78. The van der Waals surface area contributed by atoms with Crippen LogP contribution in [0.2, 0.25) is 10.0 Å². The number of rotatable bonds is 1. The van der Waals surface area contributed by atoms with Crippen molar-refractivity contribution in [3.63, 3.8) is 0 Å². The number of nitrogens with zero attached hydrogens (tertiary/aromatic N) is 2. The van der Waals surface area contributed by atoms with Gasteiger partial charge in [-0.3, -0.25) is 0 Å². The molecule has 0 aliphatic heterocycles. The van der Waals surface area contributed by atoms with Crippen molar-refractivity contribution in [2.24, 2.45) is 0 Å². The van der Waals surface area contributed by atoms with Gasteiger partial charge in [0.1, 0.15) is 5.69 Å². The molecule has 2 rings (SSSR count). The van der Waals surface area contributed by atoms with Crippen molar-refractivity contribution in [2.45, 2.75) is 20.0 Å². The second-order valence-electron chi connectivity index (χ2n) is 4.18. The van der Waals surface area contributed by atoms with Crippen molar-refractivity contribution in [3.8, 4) is 5.69 Å². The highest BCUT2D eigenvalue weighted by Crippen LogP contribution is 2.38. The normalized spacial score (nSPS) is 12.0. The molecule has 2 nitrogen and oxygen atoms in total. The number of halogens is 6. The molecule has 0 radical (unpaired) electrons. The van der Waals surface area contributed by atoms with Crippen LogP contribution in [-0.2, 0) is 6.18 Å². The van der Waals surface area contributed by atoms with Crippen LogP contribution in [0.25, 0.3) is 5.69 Å². The van der Waals surface area contributed by atoms with E-state index in [0.29, 0.717) is 0 Å². The molecule has 0 amide bonds. The molecule has 0 spiro atoms. The molecule has 0 unspecified atom stereocenters. The van der Waals surface area contributed by atoms with Crippen LogP contribution in [0.1, 0.15) is 17.0 Å². The average Bonchev–Trinajstić information content (AvgIpc) is 2.55. The summed E-state index contributed by atoms with van der Waals surface area (Å²) < 4.78 is 40.4. The Morgan fingerprint density at radius 3 is 2.00 bits per heavy atom. The minimum absolute atomic E-state index is 0.0909. The van der Waals surface area contributed by atoms with Gasteiger partial charge in [0, 0.05) is 0 Å². The van der Waals surface area contributed by atoms with E-state index in [4.69, 9.17) is 23.2 Å². The number of alkyl halides is 3. The van der Waals surface area contributed by atoms with Gasteiger partial charge in [-0.15, -0.1) is 0 Å². The Balaban J connectivity index is 2.67. The van der Waals surface area contributed by atoms with E-state index >= 15 is 0 Å². The lowest BCUT2D eigenvalue weighted by Gasteiger charge is -2.13. The number of aromatic nitrogens is 2. The van der Waals surface area contributed by atoms with Crippen LogP contribution < -0.4 is 0 Å². The second-order valence-corrected chi connectivity index (χ2v) is 6.08. The highest BCUT2D eigenvalue weighted by atomic mass is 127. The van der Waals surface area contributed by atoms with Crippen molar-refractivity contribution in [2.75, 3.05) is 0 Å². The van der Waals surface area contributed by atoms with E-state index in [2.05, 4.69) is 27.7 Å². The largest absolute Gasteiger partial charge is 0.416 e. The highest BCUT2D eigenvalue weighted by molar-refractivity contribution is 14.1. The van der Waals surface area contributed by atoms with Crippen LogP contribution in [0.5, 0.6) is 0 Å². The van der Waals surface area contributed by atoms with Gasteiger partial charge < -0.3 is 0 Å². The van der Waals surface area contributed by atoms with Crippen LogP contribution in [0.4, 0.5) is 13.2 Å². The van der Waals surface area contributed by atoms with Gasteiger partial charge in [0.25, 0.3) is 0 Å². The van der Waals surface area contributed by atoms with Gasteiger partial charge in [-0.05, 0) is 48.6 Å². The fourth-order valence-corrected chi connectivity index (χ4v) is 2.76. The van der Waals surface area contributed by atoms with Crippen LogP contribution in [0, 0.1) is 17.4 Å². The summed E-state index contributed by atoms with van der Waals surface area (Å²) in [6.45, 7) is 3.60. The predicted molar refractivity (Wildman–Crippen MR) is 80.8 cm³/mol. The van der Waals surface area contributed by atoms with Gasteiger partial charge in [0.2, 0.25) is 0 Å². The van der Waals surface area contributed by atoms with Crippen LogP contribution in [0.3, 0.4) is 0 Å². The van der Waals surface area contributed by atoms with Gasteiger partial charge >= 0.3 is 6.18 Å². The maximum atomic E-state index is 12.7. The standard InChI is InChI=1S/C12H8Cl2F3IN2/c1-5-10(18)6(2)20(19-5)11-8(13)3-7(4-9(11)14)12(15,16)17/h3-4H,1-2H3. The first kappa shape index (κ1) is 15.9. The molecule has 0 aliphatic carbocycles. The molecule has 0 saturated carbocycles. The molecule has 2 aromatic rings. The number of hydrogen-bond donors (Lipinski definition) is 0. The van der Waals surface area contributed by atoms with Gasteiger partial charge in [0.15, 0.2) is 0 Å². The fourth-order valence-electron chi connectivity index (χ4n) is 1.77. The minimum Gasteiger partial charge on any atom is -0.234 e. The molecule has 8 heteroatoms. The number of benzene rings is 1. The van der Waals surface area contributed by atoms with E-state index in [-0.39, 0.29) is 15.7 Å². The van der Waals surface area contributed by atoms with E-state index in [1.165, 1.54) is 4.68 Å². The predicted octanol–water partition coefficient (Wildman–Crippen LogP) is 5.42. The Bertz CT molecular complexity index is 657. The summed E-state index contributed by atoms with van der Waals surface area (Å²) in [4.78, 5) is 0. The Morgan fingerprint density at radius 1 is 1.15 bits per heavy atom. The molecule has 108 valence electrons. The van der Waals surface area contributed by atoms with Gasteiger partial charge in [0.05, 0.1) is 30.6 Å². The van der Waals surface area contributed by atoms with Crippen molar-refractivity contribution < 1.29 is 13.2 Å². The fraction of sp³-hybridized carbons (Fsp3) is 0.250. The summed E-state index contributed by atoms with van der Waals surface area (Å²) in [6.07, 6.45) is -4.49. The van der Waals surface area contributed by atoms with Crippen LogP contribution >= 0.6 is 45.8 Å². The molecular weight excluding hydrogens is 427 g/mol. The molecule has 0 fully saturated rings. The van der Waals surface area contributed by atoms with E-state index in [0.717, 1.165) is 27.1 Å². The van der Waals surface area contributed by atoms with Gasteiger partial charge in [-0.1, -0.05) is 23.2 Å². The monoisotopic (exact) mass is 434 g/mol. The van der Waals surface area contributed by atoms with Gasteiger partial charge in [-0.2, -0.15) is 18.3 Å². The summed E-state index contributed by atoms with van der Waals surface area (Å²) in [5, 5.41) is 4.07. The van der Waals surface area contributed by atoms with Crippen molar-refractivity contribution >= 4 is 45.8 Å². The third-order valence-corrected chi connectivity index (χ3v) is 4.90. The molecule has 0 saturated heterocycles. The zero-order chi connectivity index (χ0) is 15.2. The molecule has 1 aromatic heterocycles. The summed E-state index contributed by atoms with van der Waals surface area (Å²) in [7, 11) is 0. The first-order valence-electron chi connectivity index (χ1n) is 5.41. The first-order valence-corrected chi connectivity index (χ1v) is 7.24. The lowest BCUT2D eigenvalue weighted by Crippen LogP contribution is -2.08. The van der Waals surface area contributed by atoms with E-state index in [1.807, 2.05) is 0 Å². The quantitative estimate of drug-likeness (QED) is 0.548. The molecule has 1 heterocycles. The molecule has 0 N–H and O–H groups in total. The zero-order valence-electron chi connectivity index (χ0n) is 10.3. The summed E-state index contributed by atoms with van der Waals surface area (Å²) in [5.41, 5.74) is 0.902. The first-order chi connectivity index (χ1) is 9.12. The topological polar surface area (TPSA) is 17.8 Å². The Hall–Kier alpha value is -0.470. The minimum atomic E-state index is -4.49. The molecular formula is C12H8Cl2F3IN2. The third-order valence-electron chi connectivity index (χ3n) is 2.76. The number of aryl methyl sites for hydroxylation is 1. The molecule has 1 aromatic carbocycles. The molecule has 0 aliphatic rings. The van der Waals surface area contributed by atoms with Crippen molar-refractivity contribution in [1.29, 1.82) is 0 Å². The van der Waals surface area contributed by atoms with Crippen LogP contribution in [-0.4, -0.2) is 9.78 Å². The maximum Gasteiger partial charge on any atom is 0.416 e. The summed E-state index contributed by atoms with van der Waals surface area (Å²) in [5.74, 6) is 0. The Morgan fingerprint density at radius 2 is 1.65 bits per heavy atom. The van der Waals surface area contributed by atoms with Crippen molar-refractivity contribution in [1.82, 2.24) is 9.78 Å². The van der Waals surface area contributed by atoms with E-state index in [1.54, 1.807) is 13.8 Å². The van der Waals surface area contributed by atoms with Gasteiger partial charge in [-0.25, -0.2) is 4.68 Å². The van der Waals surface area contributed by atoms with Crippen LogP contribution in [0.15, 0.2) is 12.1 Å². The second kappa shape index (κ2) is 5.38. The summed E-state index contributed by atoms with van der Waals surface area (Å²) in [6, 6.07) is 1.71. The zero-order valence-corrected chi connectivity index (χ0v) is 14.0. The highest BCUT2D eigenvalue weighted by Gasteiger charge is 2.32. The molecule has 0 atom stereocenters. The van der Waals surface area contributed by atoms with Crippen molar-refractivity contribution in [3.05, 3.63) is 42.7 Å². The maximum absolute atomic E-state index is 12.7. The summed E-state index contributed by atoms with van der Waals surface area (Å²) >= 11 is 14.0. The van der Waals surface area contributed by atoms with E-state index < -0.39 is 11.7 Å².